The maximum atomic E-state index is 13.0. The van der Waals surface area contributed by atoms with Crippen LogP contribution in [0.3, 0.4) is 0 Å². The minimum Gasteiger partial charge on any atom is -0.391 e. The zero-order valence-electron chi connectivity index (χ0n) is 13.8. The summed E-state index contributed by atoms with van der Waals surface area (Å²) < 4.78 is 39.0. The van der Waals surface area contributed by atoms with E-state index in [1.807, 2.05) is 6.92 Å². The normalized spacial score (nSPS) is 23.0. The number of amides is 2. The van der Waals surface area contributed by atoms with Gasteiger partial charge in [0.25, 0.3) is 0 Å². The van der Waals surface area contributed by atoms with Gasteiger partial charge in [0.05, 0.1) is 11.7 Å². The molecule has 3 atom stereocenters. The number of hydrogen-bond acceptors (Lipinski definition) is 2. The minimum atomic E-state index is -4.41. The molecule has 1 aromatic rings. The highest BCUT2D eigenvalue weighted by Gasteiger charge is 2.33. The second kappa shape index (κ2) is 7.42. The van der Waals surface area contributed by atoms with E-state index < -0.39 is 23.9 Å². The fourth-order valence-electron chi connectivity index (χ4n) is 2.89. The number of aliphatic hydroxyl groups excluding tert-OH is 1. The molecule has 4 nitrogen and oxygen atoms in total. The summed E-state index contributed by atoms with van der Waals surface area (Å²) >= 11 is 0. The Kier molecular flexibility index (Phi) is 5.74. The van der Waals surface area contributed by atoms with E-state index in [0.29, 0.717) is 13.0 Å². The molecule has 1 aromatic carbocycles. The predicted molar refractivity (Wildman–Crippen MR) is 84.5 cm³/mol. The largest absolute Gasteiger partial charge is 0.416 e. The SMILES string of the molecule is CC(Cc1ccccc1C(F)(F)F)NC(=O)N1CCC(C)C(O)C1. The monoisotopic (exact) mass is 344 g/mol. The topological polar surface area (TPSA) is 52.6 Å². The number of halogens is 3. The van der Waals surface area contributed by atoms with Crippen LogP contribution in [0.5, 0.6) is 0 Å². The second-order valence-corrected chi connectivity index (χ2v) is 6.49. The van der Waals surface area contributed by atoms with Crippen molar-refractivity contribution in [1.29, 1.82) is 0 Å². The number of nitrogens with one attached hydrogen (secondary N) is 1. The van der Waals surface area contributed by atoms with Gasteiger partial charge in [-0.15, -0.1) is 0 Å². The molecule has 1 saturated heterocycles. The van der Waals surface area contributed by atoms with E-state index in [1.54, 1.807) is 13.0 Å². The van der Waals surface area contributed by atoms with Crippen molar-refractivity contribution in [2.45, 2.75) is 45.0 Å². The van der Waals surface area contributed by atoms with Crippen molar-refractivity contribution >= 4 is 6.03 Å². The number of likely N-dealkylation sites (tertiary alicyclic amines) is 1. The van der Waals surface area contributed by atoms with E-state index in [0.717, 1.165) is 6.07 Å². The lowest BCUT2D eigenvalue weighted by Crippen LogP contribution is -2.51. The van der Waals surface area contributed by atoms with Crippen LogP contribution in [0.25, 0.3) is 0 Å². The number of alkyl halides is 3. The quantitative estimate of drug-likeness (QED) is 0.885. The highest BCUT2D eigenvalue weighted by atomic mass is 19.4. The third kappa shape index (κ3) is 4.63. The van der Waals surface area contributed by atoms with Gasteiger partial charge in [-0.3, -0.25) is 0 Å². The van der Waals surface area contributed by atoms with Crippen LogP contribution in [0.4, 0.5) is 18.0 Å². The summed E-state index contributed by atoms with van der Waals surface area (Å²) in [6.07, 6.45) is -4.17. The maximum Gasteiger partial charge on any atom is 0.416 e. The number of nitrogens with zero attached hydrogens (tertiary/aromatic N) is 1. The van der Waals surface area contributed by atoms with Crippen molar-refractivity contribution < 1.29 is 23.1 Å². The number of rotatable bonds is 3. The number of carbonyl (C=O) groups is 1. The molecule has 2 rings (SSSR count). The summed E-state index contributed by atoms with van der Waals surface area (Å²) in [6, 6.07) is 4.59. The number of benzene rings is 1. The van der Waals surface area contributed by atoms with E-state index in [1.165, 1.54) is 17.0 Å². The maximum absolute atomic E-state index is 13.0. The third-order valence-electron chi connectivity index (χ3n) is 4.42. The smallest absolute Gasteiger partial charge is 0.391 e. The molecule has 24 heavy (non-hydrogen) atoms. The molecule has 0 saturated carbocycles. The van der Waals surface area contributed by atoms with Gasteiger partial charge in [-0.2, -0.15) is 13.2 Å². The first-order chi connectivity index (χ1) is 11.2. The Hall–Kier alpha value is -1.76. The average Bonchev–Trinajstić information content (AvgIpc) is 2.49. The molecule has 1 heterocycles. The molecule has 0 radical (unpaired) electrons. The first-order valence-corrected chi connectivity index (χ1v) is 8.07. The van der Waals surface area contributed by atoms with Gasteiger partial charge in [0.15, 0.2) is 0 Å². The molecular formula is C17H23F3N2O2. The fraction of sp³-hybridized carbons (Fsp3) is 0.588. The molecule has 3 unspecified atom stereocenters. The molecule has 1 fully saturated rings. The summed E-state index contributed by atoms with van der Waals surface area (Å²) in [4.78, 5) is 13.7. The van der Waals surface area contributed by atoms with Gasteiger partial charge in [0.1, 0.15) is 0 Å². The second-order valence-electron chi connectivity index (χ2n) is 6.49. The van der Waals surface area contributed by atoms with Crippen molar-refractivity contribution in [2.24, 2.45) is 5.92 Å². The summed E-state index contributed by atoms with van der Waals surface area (Å²) in [5.41, 5.74) is -0.515. The molecule has 2 N–H and O–H groups in total. The van der Waals surface area contributed by atoms with Crippen molar-refractivity contribution in [3.8, 4) is 0 Å². The average molecular weight is 344 g/mol. The molecule has 0 spiro atoms. The van der Waals surface area contributed by atoms with E-state index >= 15 is 0 Å². The number of β-amino-alcohol motifs (C(OH)–C–C–N with tert-alkyl or cyclic N) is 1. The van der Waals surface area contributed by atoms with Gasteiger partial charge < -0.3 is 15.3 Å². The number of hydrogen-bond donors (Lipinski definition) is 2. The molecule has 7 heteroatoms. The Balaban J connectivity index is 1.96. The standard InChI is InChI=1S/C17H23F3N2O2/c1-11-7-8-22(10-15(11)23)16(24)21-12(2)9-13-5-3-4-6-14(13)17(18,19)20/h3-6,11-12,15,23H,7-10H2,1-2H3,(H,21,24). The highest BCUT2D eigenvalue weighted by Crippen LogP contribution is 2.32. The number of aliphatic hydroxyl groups is 1. The summed E-state index contributed by atoms with van der Waals surface area (Å²) in [7, 11) is 0. The molecular weight excluding hydrogens is 321 g/mol. The van der Waals surface area contributed by atoms with E-state index in [-0.39, 0.29) is 30.5 Å². The summed E-state index contributed by atoms with van der Waals surface area (Å²) in [5.74, 6) is 0.144. The molecule has 1 aliphatic rings. The lowest BCUT2D eigenvalue weighted by atomic mass is 9.96. The van der Waals surface area contributed by atoms with Gasteiger partial charge in [-0.05, 0) is 37.3 Å². The Morgan fingerprint density at radius 1 is 1.42 bits per heavy atom. The fourth-order valence-corrected chi connectivity index (χ4v) is 2.89. The van der Waals surface area contributed by atoms with E-state index in [9.17, 15) is 23.1 Å². The zero-order chi connectivity index (χ0) is 17.9. The van der Waals surface area contributed by atoms with Crippen LogP contribution in [-0.4, -0.2) is 41.3 Å². The van der Waals surface area contributed by atoms with Gasteiger partial charge in [-0.25, -0.2) is 4.79 Å². The van der Waals surface area contributed by atoms with Crippen molar-refractivity contribution in [1.82, 2.24) is 10.2 Å². The van der Waals surface area contributed by atoms with Gasteiger partial charge in [0, 0.05) is 19.1 Å². The van der Waals surface area contributed by atoms with Crippen LogP contribution < -0.4 is 5.32 Å². The van der Waals surface area contributed by atoms with E-state index in [4.69, 9.17) is 0 Å². The van der Waals surface area contributed by atoms with Crippen LogP contribution in [0.1, 0.15) is 31.4 Å². The number of urea groups is 1. The first-order valence-electron chi connectivity index (χ1n) is 8.07. The predicted octanol–water partition coefficient (Wildman–Crippen LogP) is 3.05. The van der Waals surface area contributed by atoms with E-state index in [2.05, 4.69) is 5.32 Å². The van der Waals surface area contributed by atoms with Gasteiger partial charge in [0.2, 0.25) is 0 Å². The lowest BCUT2D eigenvalue weighted by Gasteiger charge is -2.35. The van der Waals surface area contributed by atoms with Crippen LogP contribution in [-0.2, 0) is 12.6 Å². The first kappa shape index (κ1) is 18.6. The van der Waals surface area contributed by atoms with Gasteiger partial charge in [-0.1, -0.05) is 25.1 Å². The Labute approximate surface area is 139 Å². The minimum absolute atomic E-state index is 0.0915. The Bertz CT molecular complexity index is 577. The van der Waals surface area contributed by atoms with Crippen LogP contribution in [0, 0.1) is 5.92 Å². The summed E-state index contributed by atoms with van der Waals surface area (Å²) in [6.45, 7) is 4.39. The van der Waals surface area contributed by atoms with Crippen molar-refractivity contribution in [3.63, 3.8) is 0 Å². The molecule has 0 aromatic heterocycles. The number of piperidine rings is 1. The number of carbonyl (C=O) groups excluding carboxylic acids is 1. The van der Waals surface area contributed by atoms with Gasteiger partial charge >= 0.3 is 12.2 Å². The Morgan fingerprint density at radius 3 is 2.71 bits per heavy atom. The van der Waals surface area contributed by atoms with Crippen molar-refractivity contribution in [3.05, 3.63) is 35.4 Å². The lowest BCUT2D eigenvalue weighted by molar-refractivity contribution is -0.138. The van der Waals surface area contributed by atoms with Crippen LogP contribution >= 0.6 is 0 Å². The Morgan fingerprint density at radius 2 is 2.08 bits per heavy atom. The molecule has 0 aliphatic carbocycles. The molecule has 0 bridgehead atoms. The zero-order valence-corrected chi connectivity index (χ0v) is 13.8. The third-order valence-corrected chi connectivity index (χ3v) is 4.42. The molecule has 134 valence electrons. The molecule has 2 amide bonds. The van der Waals surface area contributed by atoms with Crippen LogP contribution in [0.15, 0.2) is 24.3 Å². The van der Waals surface area contributed by atoms with Crippen LogP contribution in [0.2, 0.25) is 0 Å². The van der Waals surface area contributed by atoms with Crippen molar-refractivity contribution in [2.75, 3.05) is 13.1 Å². The summed E-state index contributed by atoms with van der Waals surface area (Å²) in [5, 5.41) is 12.6. The molecule has 1 aliphatic heterocycles. The highest BCUT2D eigenvalue weighted by molar-refractivity contribution is 5.74.